The van der Waals surface area contributed by atoms with Crippen molar-refractivity contribution in [1.82, 2.24) is 9.97 Å². The zero-order chi connectivity index (χ0) is 32.3. The lowest BCUT2D eigenvalue weighted by atomic mass is 9.93. The van der Waals surface area contributed by atoms with Crippen LogP contribution in [0, 0.1) is 0 Å². The lowest BCUT2D eigenvalue weighted by molar-refractivity contribution is 1.31. The van der Waals surface area contributed by atoms with E-state index in [2.05, 4.69) is 164 Å². The molecule has 0 amide bonds. The van der Waals surface area contributed by atoms with E-state index in [4.69, 9.17) is 9.97 Å². The van der Waals surface area contributed by atoms with Gasteiger partial charge >= 0.3 is 0 Å². The monoisotopic (exact) mass is 640 g/mol. The summed E-state index contributed by atoms with van der Waals surface area (Å²) >= 11 is 1.85. The molecular weight excluding hydrogens is 613 g/mol. The Kier molecular flexibility index (Phi) is 6.39. The average Bonchev–Trinajstić information content (AvgIpc) is 3.56. The number of fused-ring (bicyclic) bond motifs is 9. The number of thiophene rings is 1. The second kappa shape index (κ2) is 11.2. The van der Waals surface area contributed by atoms with E-state index in [0.29, 0.717) is 0 Å². The van der Waals surface area contributed by atoms with E-state index in [0.717, 1.165) is 33.1 Å². The topological polar surface area (TPSA) is 25.8 Å². The SMILES string of the molecule is c1ccc(-c2ccc3c(c2)c2cc(-c4ccccc4)ccc2c2nc(-c4ccc(-c5ccc6sc7ccccc7c6c5)cc4)cnc32)cc1. The quantitative estimate of drug-likeness (QED) is 0.179. The van der Waals surface area contributed by atoms with Gasteiger partial charge in [-0.25, -0.2) is 4.98 Å². The van der Waals surface area contributed by atoms with Crippen molar-refractivity contribution in [2.75, 3.05) is 0 Å². The molecule has 2 nitrogen and oxygen atoms in total. The van der Waals surface area contributed by atoms with Crippen LogP contribution in [0.15, 0.2) is 170 Å². The summed E-state index contributed by atoms with van der Waals surface area (Å²) in [5, 5.41) is 7.21. The number of hydrogen-bond donors (Lipinski definition) is 0. The predicted molar refractivity (Wildman–Crippen MR) is 209 cm³/mol. The molecule has 0 spiro atoms. The minimum atomic E-state index is 0.868. The summed E-state index contributed by atoms with van der Waals surface area (Å²) in [5.41, 5.74) is 10.9. The number of rotatable bonds is 4. The fourth-order valence-corrected chi connectivity index (χ4v) is 8.31. The van der Waals surface area contributed by atoms with Crippen LogP contribution < -0.4 is 0 Å². The zero-order valence-electron chi connectivity index (χ0n) is 26.5. The van der Waals surface area contributed by atoms with Gasteiger partial charge in [0, 0.05) is 36.5 Å². The van der Waals surface area contributed by atoms with Gasteiger partial charge in [0.1, 0.15) is 0 Å². The van der Waals surface area contributed by atoms with Crippen LogP contribution in [0.5, 0.6) is 0 Å². The minimum Gasteiger partial charge on any atom is -0.252 e. The fourth-order valence-electron chi connectivity index (χ4n) is 7.22. The van der Waals surface area contributed by atoms with Gasteiger partial charge in [-0.3, -0.25) is 4.98 Å². The average molecular weight is 641 g/mol. The molecule has 10 aromatic rings. The van der Waals surface area contributed by atoms with Crippen molar-refractivity contribution in [2.24, 2.45) is 0 Å². The van der Waals surface area contributed by atoms with Gasteiger partial charge in [-0.1, -0.05) is 133 Å². The summed E-state index contributed by atoms with van der Waals surface area (Å²) in [6, 6.07) is 58.8. The summed E-state index contributed by atoms with van der Waals surface area (Å²) < 4.78 is 2.65. The molecule has 0 aliphatic heterocycles. The molecule has 8 aromatic carbocycles. The van der Waals surface area contributed by atoms with Gasteiger partial charge in [-0.15, -0.1) is 11.3 Å². The van der Waals surface area contributed by atoms with E-state index in [9.17, 15) is 0 Å². The Morgan fingerprint density at radius 3 is 1.49 bits per heavy atom. The van der Waals surface area contributed by atoms with Crippen LogP contribution >= 0.6 is 11.3 Å². The molecule has 228 valence electrons. The lowest BCUT2D eigenvalue weighted by Crippen LogP contribution is -1.93. The first-order valence-electron chi connectivity index (χ1n) is 16.6. The molecular formula is C46H28N2S. The third-order valence-electron chi connectivity index (χ3n) is 9.72. The van der Waals surface area contributed by atoms with Crippen LogP contribution in [-0.2, 0) is 0 Å². The van der Waals surface area contributed by atoms with E-state index in [1.165, 1.54) is 64.3 Å². The van der Waals surface area contributed by atoms with Crippen molar-refractivity contribution in [3.63, 3.8) is 0 Å². The highest BCUT2D eigenvalue weighted by molar-refractivity contribution is 7.25. The first-order valence-corrected chi connectivity index (χ1v) is 17.4. The molecule has 0 fully saturated rings. The van der Waals surface area contributed by atoms with Crippen molar-refractivity contribution in [3.8, 4) is 44.6 Å². The van der Waals surface area contributed by atoms with E-state index in [1.807, 2.05) is 17.5 Å². The molecule has 3 heteroatoms. The Morgan fingerprint density at radius 2 is 0.816 bits per heavy atom. The molecule has 10 rings (SSSR count). The number of hydrogen-bond acceptors (Lipinski definition) is 3. The summed E-state index contributed by atoms with van der Waals surface area (Å²) in [6.07, 6.45) is 1.93. The van der Waals surface area contributed by atoms with Crippen LogP contribution in [0.25, 0.3) is 97.4 Å². The molecule has 0 bridgehead atoms. The van der Waals surface area contributed by atoms with Gasteiger partial charge in [0.25, 0.3) is 0 Å². The Hall–Kier alpha value is -6.16. The molecule has 0 unspecified atom stereocenters. The number of benzene rings is 8. The van der Waals surface area contributed by atoms with Gasteiger partial charge in [0.15, 0.2) is 0 Å². The summed E-state index contributed by atoms with van der Waals surface area (Å²) in [4.78, 5) is 10.4. The highest BCUT2D eigenvalue weighted by Gasteiger charge is 2.15. The largest absolute Gasteiger partial charge is 0.252 e. The van der Waals surface area contributed by atoms with Crippen molar-refractivity contribution in [1.29, 1.82) is 0 Å². The molecule has 2 heterocycles. The van der Waals surface area contributed by atoms with Gasteiger partial charge in [-0.05, 0) is 74.5 Å². The molecule has 0 atom stereocenters. The third-order valence-corrected chi connectivity index (χ3v) is 10.9. The van der Waals surface area contributed by atoms with E-state index in [1.54, 1.807) is 0 Å². The predicted octanol–water partition coefficient (Wildman–Crippen LogP) is 13.0. The van der Waals surface area contributed by atoms with Crippen LogP contribution in [0.3, 0.4) is 0 Å². The molecule has 49 heavy (non-hydrogen) atoms. The Balaban J connectivity index is 1.11. The second-order valence-electron chi connectivity index (χ2n) is 12.6. The van der Waals surface area contributed by atoms with Gasteiger partial charge in [-0.2, -0.15) is 0 Å². The van der Waals surface area contributed by atoms with Crippen molar-refractivity contribution in [3.05, 3.63) is 170 Å². The third kappa shape index (κ3) is 4.70. The summed E-state index contributed by atoms with van der Waals surface area (Å²) in [7, 11) is 0. The van der Waals surface area contributed by atoms with E-state index in [-0.39, 0.29) is 0 Å². The molecule has 0 aliphatic rings. The maximum Gasteiger partial charge on any atom is 0.0979 e. The maximum absolute atomic E-state index is 5.32. The number of aromatic nitrogens is 2. The van der Waals surface area contributed by atoms with Gasteiger partial charge in [0.05, 0.1) is 22.9 Å². The molecule has 0 radical (unpaired) electrons. The van der Waals surface area contributed by atoms with Crippen LogP contribution in [0.1, 0.15) is 0 Å². The fraction of sp³-hybridized carbons (Fsp3) is 0. The molecule has 2 aromatic heterocycles. The Bertz CT molecular complexity index is 2850. The first kappa shape index (κ1) is 27.9. The van der Waals surface area contributed by atoms with Crippen LogP contribution in [-0.4, -0.2) is 9.97 Å². The van der Waals surface area contributed by atoms with Crippen molar-refractivity contribution < 1.29 is 0 Å². The summed E-state index contributed by atoms with van der Waals surface area (Å²) in [5.74, 6) is 0. The van der Waals surface area contributed by atoms with Crippen LogP contribution in [0.4, 0.5) is 0 Å². The smallest absolute Gasteiger partial charge is 0.0979 e. The molecule has 0 N–H and O–H groups in total. The normalized spacial score (nSPS) is 11.7. The number of nitrogens with zero attached hydrogens (tertiary/aromatic N) is 2. The standard InChI is InChI=1S/C46H28N2S/c1-3-9-29(10-4-1)33-19-22-37-39(25-33)40-26-34(30-11-5-2-6-12-30)20-23-38(40)46-45(37)47-28-42(48-46)32-17-15-31(16-18-32)35-21-24-44-41(27-35)36-13-7-8-14-43(36)49-44/h1-28H. The van der Waals surface area contributed by atoms with Crippen molar-refractivity contribution in [2.45, 2.75) is 0 Å². The maximum atomic E-state index is 5.32. The highest BCUT2D eigenvalue weighted by atomic mass is 32.1. The molecule has 0 aliphatic carbocycles. The zero-order valence-corrected chi connectivity index (χ0v) is 27.3. The Labute approximate surface area is 287 Å². The first-order chi connectivity index (χ1) is 24.3. The summed E-state index contributed by atoms with van der Waals surface area (Å²) in [6.45, 7) is 0. The van der Waals surface area contributed by atoms with E-state index < -0.39 is 0 Å². The lowest BCUT2D eigenvalue weighted by Gasteiger charge is -2.14. The molecule has 0 saturated carbocycles. The van der Waals surface area contributed by atoms with Crippen LogP contribution in [0.2, 0.25) is 0 Å². The van der Waals surface area contributed by atoms with Gasteiger partial charge < -0.3 is 0 Å². The highest BCUT2D eigenvalue weighted by Crippen LogP contribution is 2.39. The second-order valence-corrected chi connectivity index (χ2v) is 13.7. The minimum absolute atomic E-state index is 0.868. The Morgan fingerprint density at radius 1 is 0.327 bits per heavy atom. The van der Waals surface area contributed by atoms with Gasteiger partial charge in [0.2, 0.25) is 0 Å². The van der Waals surface area contributed by atoms with E-state index >= 15 is 0 Å². The van der Waals surface area contributed by atoms with Crippen molar-refractivity contribution >= 4 is 64.1 Å². The molecule has 0 saturated heterocycles.